The molecule has 2 heterocycles. The van der Waals surface area contributed by atoms with Gasteiger partial charge in [0.05, 0.1) is 29.1 Å². The number of carbonyl (C=O) groups is 2. The van der Waals surface area contributed by atoms with E-state index in [2.05, 4.69) is 10.6 Å². The summed E-state index contributed by atoms with van der Waals surface area (Å²) in [7, 11) is 0. The maximum atomic E-state index is 13.4. The maximum Gasteiger partial charge on any atom is 0.268 e. The molecule has 0 fully saturated rings. The molecule has 0 aliphatic rings. The van der Waals surface area contributed by atoms with Gasteiger partial charge in [-0.25, -0.2) is 4.68 Å². The van der Waals surface area contributed by atoms with Crippen LogP contribution in [-0.4, -0.2) is 21.6 Å². The first kappa shape index (κ1) is 26.0. The van der Waals surface area contributed by atoms with E-state index in [1.165, 1.54) is 18.4 Å². The lowest BCUT2D eigenvalue weighted by atomic mass is 10.1. The zero-order chi connectivity index (χ0) is 27.2. The molecular formula is C30H22Cl2N4O3. The molecule has 0 atom stereocenters. The highest BCUT2D eigenvalue weighted by molar-refractivity contribution is 6.36. The van der Waals surface area contributed by atoms with Crippen LogP contribution in [0.4, 0.5) is 0 Å². The Kier molecular flexibility index (Phi) is 7.91. The summed E-state index contributed by atoms with van der Waals surface area (Å²) in [5.41, 5.74) is 3.12. The third-order valence-electron chi connectivity index (χ3n) is 5.78. The zero-order valence-electron chi connectivity index (χ0n) is 20.5. The highest BCUT2D eigenvalue weighted by Crippen LogP contribution is 2.26. The van der Waals surface area contributed by atoms with Crippen molar-refractivity contribution in [2.75, 3.05) is 0 Å². The molecule has 5 rings (SSSR count). The SMILES string of the molecule is O=C(NCc1ccco1)C(=Cc1cn(-c2ccccc2)nc1-c1ccccc1)NC(=O)c1ccc(Cl)cc1Cl. The minimum absolute atomic E-state index is 0.00219. The molecule has 0 saturated carbocycles. The van der Waals surface area contributed by atoms with Crippen molar-refractivity contribution in [3.05, 3.63) is 136 Å². The fourth-order valence-corrected chi connectivity index (χ4v) is 4.37. The second kappa shape index (κ2) is 11.9. The van der Waals surface area contributed by atoms with E-state index in [1.807, 2.05) is 60.7 Å². The second-order valence-electron chi connectivity index (χ2n) is 8.48. The van der Waals surface area contributed by atoms with E-state index in [0.29, 0.717) is 22.0 Å². The largest absolute Gasteiger partial charge is 0.467 e. The summed E-state index contributed by atoms with van der Waals surface area (Å²) in [6, 6.07) is 27.2. The highest BCUT2D eigenvalue weighted by atomic mass is 35.5. The Labute approximate surface area is 234 Å². The van der Waals surface area contributed by atoms with Gasteiger partial charge >= 0.3 is 0 Å². The van der Waals surface area contributed by atoms with E-state index in [0.717, 1.165) is 11.3 Å². The molecule has 194 valence electrons. The summed E-state index contributed by atoms with van der Waals surface area (Å²) < 4.78 is 7.05. The van der Waals surface area contributed by atoms with Crippen molar-refractivity contribution in [2.45, 2.75) is 6.54 Å². The Morgan fingerprint density at radius 3 is 2.36 bits per heavy atom. The molecule has 0 bridgehead atoms. The number of hydrogen-bond acceptors (Lipinski definition) is 4. The van der Waals surface area contributed by atoms with Gasteiger partial charge in [-0.05, 0) is 48.5 Å². The van der Waals surface area contributed by atoms with Crippen LogP contribution in [0, 0.1) is 0 Å². The average molecular weight is 557 g/mol. The molecule has 0 aliphatic heterocycles. The minimum atomic E-state index is -0.562. The smallest absolute Gasteiger partial charge is 0.268 e. The molecule has 39 heavy (non-hydrogen) atoms. The molecular weight excluding hydrogens is 535 g/mol. The van der Waals surface area contributed by atoms with Crippen LogP contribution in [0.5, 0.6) is 0 Å². The number of aromatic nitrogens is 2. The lowest BCUT2D eigenvalue weighted by molar-refractivity contribution is -0.118. The van der Waals surface area contributed by atoms with Gasteiger partial charge in [0.15, 0.2) is 0 Å². The van der Waals surface area contributed by atoms with Crippen molar-refractivity contribution in [3.63, 3.8) is 0 Å². The summed E-state index contributed by atoms with van der Waals surface area (Å²) in [4.78, 5) is 26.6. The van der Waals surface area contributed by atoms with Crippen molar-refractivity contribution in [1.82, 2.24) is 20.4 Å². The summed E-state index contributed by atoms with van der Waals surface area (Å²) in [6.07, 6.45) is 4.92. The van der Waals surface area contributed by atoms with E-state index in [-0.39, 0.29) is 22.8 Å². The van der Waals surface area contributed by atoms with Gasteiger partial charge in [-0.1, -0.05) is 71.7 Å². The third-order valence-corrected chi connectivity index (χ3v) is 6.33. The van der Waals surface area contributed by atoms with Gasteiger partial charge in [0, 0.05) is 22.3 Å². The first-order chi connectivity index (χ1) is 19.0. The van der Waals surface area contributed by atoms with Gasteiger partial charge in [-0.3, -0.25) is 9.59 Å². The first-order valence-corrected chi connectivity index (χ1v) is 12.7. The van der Waals surface area contributed by atoms with E-state index < -0.39 is 11.8 Å². The molecule has 2 N–H and O–H groups in total. The lowest BCUT2D eigenvalue weighted by Crippen LogP contribution is -2.34. The molecule has 0 radical (unpaired) electrons. The number of rotatable bonds is 8. The standard InChI is InChI=1S/C30H22Cl2N4O3/c31-22-13-14-25(26(32)17-22)29(37)34-27(30(38)33-18-24-12-7-15-39-24)16-21-19-36(23-10-5-2-6-11-23)35-28(21)20-8-3-1-4-9-20/h1-17,19H,18H2,(H,33,38)(H,34,37). The molecule has 9 heteroatoms. The summed E-state index contributed by atoms with van der Waals surface area (Å²) in [5.74, 6) is -0.513. The van der Waals surface area contributed by atoms with E-state index in [9.17, 15) is 9.59 Å². The number of carbonyl (C=O) groups excluding carboxylic acids is 2. The Balaban J connectivity index is 1.55. The van der Waals surface area contributed by atoms with Crippen LogP contribution in [-0.2, 0) is 11.3 Å². The number of hydrogen-bond donors (Lipinski definition) is 2. The fraction of sp³-hybridized carbons (Fsp3) is 0.0333. The third kappa shape index (κ3) is 6.29. The summed E-state index contributed by atoms with van der Waals surface area (Å²) in [6.45, 7) is 0.134. The van der Waals surface area contributed by atoms with Gasteiger partial charge in [0.25, 0.3) is 11.8 Å². The molecule has 0 spiro atoms. The Morgan fingerprint density at radius 2 is 1.67 bits per heavy atom. The van der Waals surface area contributed by atoms with Crippen molar-refractivity contribution in [3.8, 4) is 16.9 Å². The number of amides is 2. The molecule has 5 aromatic rings. The second-order valence-corrected chi connectivity index (χ2v) is 9.32. The molecule has 2 amide bonds. The number of benzene rings is 3. The van der Waals surface area contributed by atoms with Gasteiger partial charge in [0.2, 0.25) is 0 Å². The number of furan rings is 1. The lowest BCUT2D eigenvalue weighted by Gasteiger charge is -2.12. The Hall–Kier alpha value is -4.59. The average Bonchev–Trinajstić information content (AvgIpc) is 3.63. The molecule has 3 aromatic carbocycles. The van der Waals surface area contributed by atoms with E-state index in [1.54, 1.807) is 35.2 Å². The summed E-state index contributed by atoms with van der Waals surface area (Å²) >= 11 is 12.3. The van der Waals surface area contributed by atoms with Crippen LogP contribution in [0.3, 0.4) is 0 Å². The van der Waals surface area contributed by atoms with E-state index in [4.69, 9.17) is 32.7 Å². The van der Waals surface area contributed by atoms with E-state index >= 15 is 0 Å². The molecule has 0 aliphatic carbocycles. The Bertz CT molecular complexity index is 1630. The van der Waals surface area contributed by atoms with Crippen LogP contribution in [0.15, 0.2) is 114 Å². The Morgan fingerprint density at radius 1 is 0.923 bits per heavy atom. The molecule has 7 nitrogen and oxygen atoms in total. The zero-order valence-corrected chi connectivity index (χ0v) is 22.0. The quantitative estimate of drug-likeness (QED) is 0.213. The minimum Gasteiger partial charge on any atom is -0.467 e. The molecule has 2 aromatic heterocycles. The first-order valence-electron chi connectivity index (χ1n) is 12.0. The maximum absolute atomic E-state index is 13.4. The monoisotopic (exact) mass is 556 g/mol. The summed E-state index contributed by atoms with van der Waals surface area (Å²) in [5, 5.41) is 10.8. The van der Waals surface area contributed by atoms with Crippen molar-refractivity contribution in [2.24, 2.45) is 0 Å². The predicted octanol–water partition coefficient (Wildman–Crippen LogP) is 6.53. The van der Waals surface area contributed by atoms with Gasteiger partial charge in [0.1, 0.15) is 17.2 Å². The van der Waals surface area contributed by atoms with Crippen molar-refractivity contribution < 1.29 is 14.0 Å². The topological polar surface area (TPSA) is 89.2 Å². The van der Waals surface area contributed by atoms with Gasteiger partial charge < -0.3 is 15.1 Å². The van der Waals surface area contributed by atoms with Crippen LogP contribution in [0.1, 0.15) is 21.7 Å². The molecule has 0 saturated heterocycles. The van der Waals surface area contributed by atoms with Crippen molar-refractivity contribution >= 4 is 41.1 Å². The van der Waals surface area contributed by atoms with Crippen LogP contribution >= 0.6 is 23.2 Å². The van der Waals surface area contributed by atoms with Crippen LogP contribution in [0.2, 0.25) is 10.0 Å². The number of nitrogens with zero attached hydrogens (tertiary/aromatic N) is 2. The predicted molar refractivity (Wildman–Crippen MR) is 151 cm³/mol. The fourth-order valence-electron chi connectivity index (χ4n) is 3.88. The van der Waals surface area contributed by atoms with Gasteiger partial charge in [-0.2, -0.15) is 5.10 Å². The number of nitrogens with one attached hydrogen (secondary N) is 2. The normalized spacial score (nSPS) is 11.3. The number of halogens is 2. The molecule has 0 unspecified atom stereocenters. The van der Waals surface area contributed by atoms with Crippen molar-refractivity contribution in [1.29, 1.82) is 0 Å². The van der Waals surface area contributed by atoms with Gasteiger partial charge in [-0.15, -0.1) is 0 Å². The highest BCUT2D eigenvalue weighted by Gasteiger charge is 2.19. The van der Waals surface area contributed by atoms with Crippen LogP contribution in [0.25, 0.3) is 23.0 Å². The number of para-hydroxylation sites is 1. The van der Waals surface area contributed by atoms with Crippen LogP contribution < -0.4 is 10.6 Å².